The molecule has 0 saturated carbocycles. The number of fused-ring (bicyclic) bond motifs is 1. The Morgan fingerprint density at radius 3 is 2.50 bits per heavy atom. The second kappa shape index (κ2) is 7.21. The van der Waals surface area contributed by atoms with Gasteiger partial charge >= 0.3 is 0 Å². The first-order valence-electron chi connectivity index (χ1n) is 9.11. The highest BCUT2D eigenvalue weighted by Gasteiger charge is 2.33. The Labute approximate surface area is 157 Å². The van der Waals surface area contributed by atoms with Crippen LogP contribution in [0.3, 0.4) is 0 Å². The molecule has 2 aliphatic heterocycles. The Morgan fingerprint density at radius 2 is 1.77 bits per heavy atom. The fourth-order valence-electron chi connectivity index (χ4n) is 3.82. The zero-order valence-corrected chi connectivity index (χ0v) is 15.7. The molecule has 5 nitrogen and oxygen atoms in total. The highest BCUT2D eigenvalue weighted by atomic mass is 32.1. The number of piperazine rings is 1. The SMILES string of the molecule is CC(C(=O)N1CCc2ccccc21)N1CCN(C(=O)c2cccs2)CC1. The predicted octanol–water partition coefficient (Wildman–Crippen LogP) is 2.48. The standard InChI is InChI=1S/C20H23N3O2S/c1-15(19(24)23-9-8-16-5-2-3-6-17(16)23)21-10-12-22(13-11-21)20(25)18-7-4-14-26-18/h2-7,14-15H,8-13H2,1H3. The van der Waals surface area contributed by atoms with Crippen LogP contribution in [0.15, 0.2) is 41.8 Å². The van der Waals surface area contributed by atoms with E-state index in [1.807, 2.05) is 52.4 Å². The molecule has 6 heteroatoms. The van der Waals surface area contributed by atoms with Crippen molar-refractivity contribution in [3.05, 3.63) is 52.2 Å². The van der Waals surface area contributed by atoms with Gasteiger partial charge in [0.1, 0.15) is 0 Å². The Morgan fingerprint density at radius 1 is 1.00 bits per heavy atom. The maximum absolute atomic E-state index is 13.0. The molecule has 3 heterocycles. The Bertz CT molecular complexity index is 797. The second-order valence-electron chi connectivity index (χ2n) is 6.85. The van der Waals surface area contributed by atoms with Crippen molar-refractivity contribution < 1.29 is 9.59 Å². The highest BCUT2D eigenvalue weighted by molar-refractivity contribution is 7.12. The van der Waals surface area contributed by atoms with Crippen molar-refractivity contribution in [3.63, 3.8) is 0 Å². The molecular formula is C20H23N3O2S. The van der Waals surface area contributed by atoms with Gasteiger partial charge in [0.2, 0.25) is 5.91 Å². The van der Waals surface area contributed by atoms with Crippen LogP contribution >= 0.6 is 11.3 Å². The van der Waals surface area contributed by atoms with E-state index < -0.39 is 0 Å². The number of para-hydroxylation sites is 1. The number of nitrogens with zero attached hydrogens (tertiary/aromatic N) is 3. The first kappa shape index (κ1) is 17.2. The summed E-state index contributed by atoms with van der Waals surface area (Å²) in [5.41, 5.74) is 2.30. The van der Waals surface area contributed by atoms with Crippen molar-refractivity contribution >= 4 is 28.8 Å². The smallest absolute Gasteiger partial charge is 0.264 e. The molecule has 1 unspecified atom stereocenters. The number of hydrogen-bond donors (Lipinski definition) is 0. The zero-order valence-electron chi connectivity index (χ0n) is 14.9. The molecule has 0 radical (unpaired) electrons. The van der Waals surface area contributed by atoms with E-state index in [0.717, 1.165) is 36.6 Å². The fraction of sp³-hybridized carbons (Fsp3) is 0.400. The van der Waals surface area contributed by atoms with Gasteiger partial charge < -0.3 is 9.80 Å². The predicted molar refractivity (Wildman–Crippen MR) is 104 cm³/mol. The average molecular weight is 369 g/mol. The summed E-state index contributed by atoms with van der Waals surface area (Å²) in [4.78, 5) is 32.3. The molecule has 1 aromatic carbocycles. The third-order valence-electron chi connectivity index (χ3n) is 5.39. The summed E-state index contributed by atoms with van der Waals surface area (Å²) in [6.07, 6.45) is 0.928. The molecule has 4 rings (SSSR count). The van der Waals surface area contributed by atoms with Crippen LogP contribution < -0.4 is 4.90 Å². The van der Waals surface area contributed by atoms with E-state index in [9.17, 15) is 9.59 Å². The minimum atomic E-state index is -0.167. The van der Waals surface area contributed by atoms with Crippen molar-refractivity contribution in [3.8, 4) is 0 Å². The number of carbonyl (C=O) groups is 2. The average Bonchev–Trinajstić information content (AvgIpc) is 3.36. The number of hydrogen-bond acceptors (Lipinski definition) is 4. The van der Waals surface area contributed by atoms with Crippen LogP contribution in [-0.4, -0.2) is 60.4 Å². The van der Waals surface area contributed by atoms with Crippen molar-refractivity contribution in [1.29, 1.82) is 0 Å². The molecule has 0 bridgehead atoms. The third-order valence-corrected chi connectivity index (χ3v) is 6.25. The van der Waals surface area contributed by atoms with Gasteiger partial charge in [0.15, 0.2) is 0 Å². The number of anilines is 1. The van der Waals surface area contributed by atoms with Crippen LogP contribution in [-0.2, 0) is 11.2 Å². The van der Waals surface area contributed by atoms with Crippen LogP contribution in [0.1, 0.15) is 22.2 Å². The lowest BCUT2D eigenvalue weighted by Crippen LogP contribution is -2.55. The minimum Gasteiger partial charge on any atom is -0.335 e. The normalized spacial score (nSPS) is 18.7. The molecule has 0 spiro atoms. The quantitative estimate of drug-likeness (QED) is 0.835. The molecule has 1 aromatic heterocycles. The van der Waals surface area contributed by atoms with E-state index >= 15 is 0 Å². The van der Waals surface area contributed by atoms with Crippen LogP contribution in [0.4, 0.5) is 5.69 Å². The maximum atomic E-state index is 13.0. The van der Waals surface area contributed by atoms with Crippen LogP contribution in [0.5, 0.6) is 0 Å². The van der Waals surface area contributed by atoms with E-state index in [4.69, 9.17) is 0 Å². The van der Waals surface area contributed by atoms with E-state index in [0.29, 0.717) is 13.1 Å². The number of amides is 2. The van der Waals surface area contributed by atoms with Crippen molar-refractivity contribution in [2.75, 3.05) is 37.6 Å². The Hall–Kier alpha value is -2.18. The van der Waals surface area contributed by atoms with Crippen LogP contribution in [0, 0.1) is 0 Å². The summed E-state index contributed by atoms with van der Waals surface area (Å²) in [5, 5.41) is 1.93. The van der Waals surface area contributed by atoms with Gasteiger partial charge in [-0.15, -0.1) is 11.3 Å². The lowest BCUT2D eigenvalue weighted by atomic mass is 10.1. The number of thiophene rings is 1. The van der Waals surface area contributed by atoms with Crippen molar-refractivity contribution in [2.45, 2.75) is 19.4 Å². The van der Waals surface area contributed by atoms with E-state index in [-0.39, 0.29) is 17.9 Å². The molecule has 1 saturated heterocycles. The summed E-state index contributed by atoms with van der Waals surface area (Å²) in [6, 6.07) is 11.8. The molecule has 0 N–H and O–H groups in total. The topological polar surface area (TPSA) is 43.9 Å². The molecule has 1 atom stereocenters. The van der Waals surface area contributed by atoms with Crippen LogP contribution in [0.25, 0.3) is 0 Å². The molecule has 1 fully saturated rings. The fourth-order valence-corrected chi connectivity index (χ4v) is 4.51. The Balaban J connectivity index is 1.37. The molecule has 0 aliphatic carbocycles. The summed E-state index contributed by atoms with van der Waals surface area (Å²) in [5.74, 6) is 0.264. The lowest BCUT2D eigenvalue weighted by molar-refractivity contribution is -0.123. The summed E-state index contributed by atoms with van der Waals surface area (Å²) in [7, 11) is 0. The van der Waals surface area contributed by atoms with Gasteiger partial charge in [0.05, 0.1) is 10.9 Å². The summed E-state index contributed by atoms with van der Waals surface area (Å²) in [6.45, 7) is 5.56. The maximum Gasteiger partial charge on any atom is 0.264 e. The monoisotopic (exact) mass is 369 g/mol. The summed E-state index contributed by atoms with van der Waals surface area (Å²) >= 11 is 1.48. The Kier molecular flexibility index (Phi) is 4.78. The summed E-state index contributed by atoms with van der Waals surface area (Å²) < 4.78 is 0. The van der Waals surface area contributed by atoms with E-state index in [1.54, 1.807) is 0 Å². The zero-order chi connectivity index (χ0) is 18.1. The van der Waals surface area contributed by atoms with Gasteiger partial charge in [0, 0.05) is 38.4 Å². The third kappa shape index (κ3) is 3.15. The van der Waals surface area contributed by atoms with Gasteiger partial charge in [-0.25, -0.2) is 0 Å². The van der Waals surface area contributed by atoms with Gasteiger partial charge in [-0.05, 0) is 36.4 Å². The first-order valence-corrected chi connectivity index (χ1v) is 9.99. The lowest BCUT2D eigenvalue weighted by Gasteiger charge is -2.38. The van der Waals surface area contributed by atoms with Crippen LogP contribution in [0.2, 0.25) is 0 Å². The molecular weight excluding hydrogens is 346 g/mol. The second-order valence-corrected chi connectivity index (χ2v) is 7.80. The van der Waals surface area contributed by atoms with Gasteiger partial charge in [-0.2, -0.15) is 0 Å². The molecule has 2 aromatic rings. The van der Waals surface area contributed by atoms with E-state index in [2.05, 4.69) is 11.0 Å². The van der Waals surface area contributed by atoms with Gasteiger partial charge in [-0.1, -0.05) is 24.3 Å². The number of carbonyl (C=O) groups excluding carboxylic acids is 2. The van der Waals surface area contributed by atoms with Gasteiger partial charge in [0.25, 0.3) is 5.91 Å². The number of benzene rings is 1. The molecule has 2 amide bonds. The van der Waals surface area contributed by atoms with Crippen molar-refractivity contribution in [2.24, 2.45) is 0 Å². The highest BCUT2D eigenvalue weighted by Crippen LogP contribution is 2.28. The van der Waals surface area contributed by atoms with E-state index in [1.165, 1.54) is 16.9 Å². The van der Waals surface area contributed by atoms with Gasteiger partial charge in [-0.3, -0.25) is 14.5 Å². The molecule has 136 valence electrons. The number of rotatable bonds is 3. The molecule has 2 aliphatic rings. The first-order chi connectivity index (χ1) is 12.6. The van der Waals surface area contributed by atoms with Crippen molar-refractivity contribution in [1.82, 2.24) is 9.80 Å². The molecule has 26 heavy (non-hydrogen) atoms. The minimum absolute atomic E-state index is 0.104. The largest absolute Gasteiger partial charge is 0.335 e.